The van der Waals surface area contributed by atoms with E-state index in [4.69, 9.17) is 4.74 Å². The second kappa shape index (κ2) is 5.29. The fraction of sp³-hybridized carbons (Fsp3) is 0.385. The molecule has 0 spiro atoms. The summed E-state index contributed by atoms with van der Waals surface area (Å²) in [4.78, 5) is 0. The van der Waals surface area contributed by atoms with Crippen molar-refractivity contribution in [2.45, 2.75) is 19.2 Å². The van der Waals surface area contributed by atoms with E-state index in [0.717, 1.165) is 26.3 Å². The van der Waals surface area contributed by atoms with E-state index in [2.05, 4.69) is 39.9 Å². The summed E-state index contributed by atoms with van der Waals surface area (Å²) in [6, 6.07) is 8.71. The van der Waals surface area contributed by atoms with Gasteiger partial charge in [-0.2, -0.15) is 0 Å². The van der Waals surface area contributed by atoms with Crippen LogP contribution in [-0.2, 0) is 17.9 Å². The summed E-state index contributed by atoms with van der Waals surface area (Å²) in [5.74, 6) is 0. The zero-order valence-corrected chi connectivity index (χ0v) is 10.1. The normalized spacial score (nSPS) is 18.6. The monoisotopic (exact) mass is 244 g/mol. The van der Waals surface area contributed by atoms with Crippen molar-refractivity contribution >= 4 is 0 Å². The molecule has 0 saturated heterocycles. The predicted octanol–water partition coefficient (Wildman–Crippen LogP) is 1.14. The Balaban J connectivity index is 1.60. The summed E-state index contributed by atoms with van der Waals surface area (Å²) in [6.07, 6.45) is 3.56. The number of hydrogen-bond donors (Lipinski definition) is 1. The summed E-state index contributed by atoms with van der Waals surface area (Å²) in [7, 11) is 0. The number of fused-ring (bicyclic) bond motifs is 1. The van der Waals surface area contributed by atoms with E-state index in [-0.39, 0.29) is 6.04 Å². The smallest absolute Gasteiger partial charge is 0.0721 e. The van der Waals surface area contributed by atoms with Gasteiger partial charge in [0.2, 0.25) is 0 Å². The van der Waals surface area contributed by atoms with E-state index in [1.165, 1.54) is 11.1 Å². The lowest BCUT2D eigenvalue weighted by Gasteiger charge is -2.26. The van der Waals surface area contributed by atoms with E-state index in [0.29, 0.717) is 0 Å². The molecule has 2 heterocycles. The van der Waals surface area contributed by atoms with Crippen LogP contribution >= 0.6 is 0 Å². The first-order valence-corrected chi connectivity index (χ1v) is 6.16. The van der Waals surface area contributed by atoms with Crippen LogP contribution in [0.15, 0.2) is 36.7 Å². The fourth-order valence-corrected chi connectivity index (χ4v) is 2.26. The van der Waals surface area contributed by atoms with Crippen LogP contribution < -0.4 is 5.32 Å². The molecule has 0 aliphatic carbocycles. The minimum Gasteiger partial charge on any atom is -0.375 e. The van der Waals surface area contributed by atoms with Crippen LogP contribution in [0.25, 0.3) is 0 Å². The number of benzene rings is 1. The molecule has 1 atom stereocenters. The van der Waals surface area contributed by atoms with Crippen LogP contribution in [0.3, 0.4) is 0 Å². The Morgan fingerprint density at radius 3 is 3.22 bits per heavy atom. The second-order valence-electron chi connectivity index (χ2n) is 4.39. The zero-order valence-electron chi connectivity index (χ0n) is 10.1. The summed E-state index contributed by atoms with van der Waals surface area (Å²) in [5.41, 5.74) is 2.63. The van der Waals surface area contributed by atoms with Crippen LogP contribution in [0, 0.1) is 0 Å². The average Bonchev–Trinajstić information content (AvgIpc) is 2.92. The van der Waals surface area contributed by atoms with Gasteiger partial charge in [0.1, 0.15) is 0 Å². The number of rotatable bonds is 4. The van der Waals surface area contributed by atoms with Gasteiger partial charge in [-0.1, -0.05) is 29.5 Å². The Bertz CT molecular complexity index is 497. The maximum absolute atomic E-state index is 5.60. The van der Waals surface area contributed by atoms with Crippen molar-refractivity contribution in [2.75, 3.05) is 13.2 Å². The molecule has 2 aromatic rings. The van der Waals surface area contributed by atoms with Crippen molar-refractivity contribution in [3.05, 3.63) is 47.8 Å². The van der Waals surface area contributed by atoms with Crippen molar-refractivity contribution < 1.29 is 4.74 Å². The lowest BCUT2D eigenvalue weighted by molar-refractivity contribution is 0.0819. The van der Waals surface area contributed by atoms with Crippen molar-refractivity contribution in [1.29, 1.82) is 0 Å². The van der Waals surface area contributed by atoms with Gasteiger partial charge in [0.25, 0.3) is 0 Å². The van der Waals surface area contributed by atoms with Gasteiger partial charge in [-0.25, -0.2) is 0 Å². The predicted molar refractivity (Wildman–Crippen MR) is 66.9 cm³/mol. The first-order chi connectivity index (χ1) is 8.93. The minimum absolute atomic E-state index is 0.276. The molecule has 0 radical (unpaired) electrons. The quantitative estimate of drug-likeness (QED) is 0.876. The van der Waals surface area contributed by atoms with Gasteiger partial charge in [-0.05, 0) is 11.1 Å². The molecule has 1 aromatic heterocycles. The Hall–Kier alpha value is -1.72. The number of ether oxygens (including phenoxy) is 1. The van der Waals surface area contributed by atoms with Crippen LogP contribution in [0.4, 0.5) is 0 Å². The van der Waals surface area contributed by atoms with Crippen LogP contribution in [0.5, 0.6) is 0 Å². The number of nitrogens with zero attached hydrogens (tertiary/aromatic N) is 3. The van der Waals surface area contributed by atoms with Crippen LogP contribution in [-0.4, -0.2) is 28.1 Å². The number of aromatic nitrogens is 3. The lowest BCUT2D eigenvalue weighted by atomic mass is 9.99. The lowest BCUT2D eigenvalue weighted by Crippen LogP contribution is -2.32. The number of nitrogens with one attached hydrogen (secondary N) is 1. The summed E-state index contributed by atoms with van der Waals surface area (Å²) >= 11 is 0. The number of hydrogen-bond acceptors (Lipinski definition) is 4. The van der Waals surface area contributed by atoms with Gasteiger partial charge in [0.15, 0.2) is 0 Å². The molecule has 0 amide bonds. The van der Waals surface area contributed by atoms with E-state index < -0.39 is 0 Å². The maximum Gasteiger partial charge on any atom is 0.0721 e. The summed E-state index contributed by atoms with van der Waals surface area (Å²) in [6.45, 7) is 3.12. The standard InChI is InChI=1S/C13H16N4O/c1-2-4-12-11(3-1)9-18-10-13(12)14-5-7-17-8-6-15-16-17/h1-4,6,8,13-14H,5,7,9-10H2. The van der Waals surface area contributed by atoms with Crippen molar-refractivity contribution in [3.8, 4) is 0 Å². The average molecular weight is 244 g/mol. The van der Waals surface area contributed by atoms with Crippen molar-refractivity contribution in [1.82, 2.24) is 20.3 Å². The highest BCUT2D eigenvalue weighted by atomic mass is 16.5. The first kappa shape index (κ1) is 11.4. The highest BCUT2D eigenvalue weighted by Crippen LogP contribution is 2.23. The maximum atomic E-state index is 5.60. The van der Waals surface area contributed by atoms with Crippen molar-refractivity contribution in [3.63, 3.8) is 0 Å². The molecule has 5 heteroatoms. The van der Waals surface area contributed by atoms with E-state index >= 15 is 0 Å². The van der Waals surface area contributed by atoms with Crippen LogP contribution in [0.2, 0.25) is 0 Å². The minimum atomic E-state index is 0.276. The third kappa shape index (κ3) is 2.42. The zero-order chi connectivity index (χ0) is 12.2. The third-order valence-corrected chi connectivity index (χ3v) is 3.18. The summed E-state index contributed by atoms with van der Waals surface area (Å²) in [5, 5.41) is 11.2. The Morgan fingerprint density at radius 2 is 2.33 bits per heavy atom. The molecular weight excluding hydrogens is 228 g/mol. The Morgan fingerprint density at radius 1 is 1.39 bits per heavy atom. The largest absolute Gasteiger partial charge is 0.375 e. The van der Waals surface area contributed by atoms with E-state index in [9.17, 15) is 0 Å². The highest BCUT2D eigenvalue weighted by Gasteiger charge is 2.19. The van der Waals surface area contributed by atoms with Crippen LogP contribution in [0.1, 0.15) is 17.2 Å². The Labute approximate surface area is 106 Å². The molecule has 1 aromatic carbocycles. The SMILES string of the molecule is c1ccc2c(c1)COCC2NCCn1ccnn1. The first-order valence-electron chi connectivity index (χ1n) is 6.16. The molecule has 1 N–H and O–H groups in total. The van der Waals surface area contributed by atoms with Gasteiger partial charge in [-0.3, -0.25) is 4.68 Å². The van der Waals surface area contributed by atoms with Crippen molar-refractivity contribution in [2.24, 2.45) is 0 Å². The molecule has 0 bridgehead atoms. The molecule has 0 fully saturated rings. The highest BCUT2D eigenvalue weighted by molar-refractivity contribution is 5.30. The van der Waals surface area contributed by atoms with Gasteiger partial charge in [0.05, 0.1) is 32.0 Å². The Kier molecular flexibility index (Phi) is 3.34. The summed E-state index contributed by atoms with van der Waals surface area (Å²) < 4.78 is 7.42. The molecule has 94 valence electrons. The molecule has 18 heavy (non-hydrogen) atoms. The third-order valence-electron chi connectivity index (χ3n) is 3.18. The second-order valence-corrected chi connectivity index (χ2v) is 4.39. The molecule has 5 nitrogen and oxygen atoms in total. The molecule has 1 aliphatic heterocycles. The molecule has 1 aliphatic rings. The van der Waals surface area contributed by atoms with E-state index in [1.807, 2.05) is 10.9 Å². The van der Waals surface area contributed by atoms with Gasteiger partial charge in [0, 0.05) is 12.7 Å². The molecular formula is C13H16N4O. The molecule has 3 rings (SSSR count). The van der Waals surface area contributed by atoms with Gasteiger partial charge < -0.3 is 10.1 Å². The van der Waals surface area contributed by atoms with Gasteiger partial charge >= 0.3 is 0 Å². The van der Waals surface area contributed by atoms with E-state index in [1.54, 1.807) is 6.20 Å². The molecule has 1 unspecified atom stereocenters. The van der Waals surface area contributed by atoms with Gasteiger partial charge in [-0.15, -0.1) is 5.10 Å². The fourth-order valence-electron chi connectivity index (χ4n) is 2.26. The molecule has 0 saturated carbocycles. The topological polar surface area (TPSA) is 52.0 Å².